The first-order chi connectivity index (χ1) is 14.6. The lowest BCUT2D eigenvalue weighted by atomic mass is 10.1. The molecule has 1 aliphatic heterocycles. The highest BCUT2D eigenvalue weighted by molar-refractivity contribution is 6.39. The van der Waals surface area contributed by atoms with Crippen molar-refractivity contribution in [2.75, 3.05) is 25.5 Å². The Balaban J connectivity index is 1.60. The summed E-state index contributed by atoms with van der Waals surface area (Å²) in [6.45, 7) is 3.75. The minimum absolute atomic E-state index is 0.139. The van der Waals surface area contributed by atoms with E-state index in [1.54, 1.807) is 0 Å². The first kappa shape index (κ1) is 21.6. The summed E-state index contributed by atoms with van der Waals surface area (Å²) in [4.78, 5) is 19.4. The molecule has 1 saturated heterocycles. The van der Waals surface area contributed by atoms with Gasteiger partial charge in [-0.15, -0.1) is 0 Å². The molecule has 1 N–H and O–H groups in total. The van der Waals surface area contributed by atoms with Crippen LogP contribution in [0.3, 0.4) is 0 Å². The van der Waals surface area contributed by atoms with E-state index in [1.807, 2.05) is 11.6 Å². The number of likely N-dealkylation sites (tertiary alicyclic amines) is 1. The van der Waals surface area contributed by atoms with Crippen LogP contribution in [0, 0.1) is 6.92 Å². The first-order valence-electron chi connectivity index (χ1n) is 9.85. The number of carbonyl (C=O) groups is 1. The van der Waals surface area contributed by atoms with Crippen molar-refractivity contribution < 1.29 is 18.0 Å². The number of rotatable bonds is 3. The van der Waals surface area contributed by atoms with Crippen LogP contribution in [0.5, 0.6) is 0 Å². The number of piperidine rings is 1. The number of nitrogens with zero attached hydrogens (tertiary/aromatic N) is 4. The average Bonchev–Trinajstić information content (AvgIpc) is 3.06. The Bertz CT molecular complexity index is 1120. The Hall–Kier alpha value is -2.65. The molecule has 31 heavy (non-hydrogen) atoms. The zero-order valence-electron chi connectivity index (χ0n) is 17.0. The van der Waals surface area contributed by atoms with Gasteiger partial charge in [-0.05, 0) is 64.2 Å². The van der Waals surface area contributed by atoms with Crippen LogP contribution in [-0.2, 0) is 6.18 Å². The summed E-state index contributed by atoms with van der Waals surface area (Å²) < 4.78 is 40.0. The Morgan fingerprint density at radius 2 is 1.84 bits per heavy atom. The van der Waals surface area contributed by atoms with Crippen LogP contribution in [0.15, 0.2) is 30.5 Å². The van der Waals surface area contributed by atoms with Gasteiger partial charge in [-0.2, -0.15) is 18.3 Å². The number of aromatic nitrogens is 3. The second kappa shape index (κ2) is 8.12. The van der Waals surface area contributed by atoms with Crippen molar-refractivity contribution in [3.8, 4) is 0 Å². The third kappa shape index (κ3) is 4.24. The number of hydrogen-bond acceptors (Lipinski definition) is 4. The van der Waals surface area contributed by atoms with Gasteiger partial charge in [0.1, 0.15) is 0 Å². The van der Waals surface area contributed by atoms with Crippen molar-refractivity contribution in [1.29, 1.82) is 0 Å². The number of amides is 1. The first-order valence-corrected chi connectivity index (χ1v) is 10.2. The van der Waals surface area contributed by atoms with E-state index < -0.39 is 17.6 Å². The van der Waals surface area contributed by atoms with Gasteiger partial charge < -0.3 is 10.2 Å². The Morgan fingerprint density at radius 1 is 1.19 bits per heavy atom. The number of pyridine rings is 1. The lowest BCUT2D eigenvalue weighted by Crippen LogP contribution is -2.32. The van der Waals surface area contributed by atoms with Crippen molar-refractivity contribution in [2.45, 2.75) is 32.0 Å². The molecular formula is C21H21ClF3N5O. The molecule has 2 aromatic heterocycles. The number of anilines is 1. The van der Waals surface area contributed by atoms with Crippen LogP contribution in [0.25, 0.3) is 11.0 Å². The van der Waals surface area contributed by atoms with Gasteiger partial charge in [0, 0.05) is 11.9 Å². The van der Waals surface area contributed by atoms with Crippen molar-refractivity contribution in [1.82, 2.24) is 19.7 Å². The molecular weight excluding hydrogens is 431 g/mol. The van der Waals surface area contributed by atoms with Crippen LogP contribution in [0.2, 0.25) is 5.02 Å². The smallest absolute Gasteiger partial charge is 0.322 e. The van der Waals surface area contributed by atoms with Crippen LogP contribution in [0.1, 0.15) is 40.5 Å². The summed E-state index contributed by atoms with van der Waals surface area (Å²) in [5, 5.41) is 8.04. The van der Waals surface area contributed by atoms with E-state index in [4.69, 9.17) is 11.6 Å². The van der Waals surface area contributed by atoms with Gasteiger partial charge in [-0.25, -0.2) is 9.67 Å². The second-order valence-corrected chi connectivity index (χ2v) is 8.16. The van der Waals surface area contributed by atoms with E-state index in [-0.39, 0.29) is 22.3 Å². The zero-order valence-corrected chi connectivity index (χ0v) is 17.8. The van der Waals surface area contributed by atoms with Crippen molar-refractivity contribution in [3.05, 3.63) is 52.3 Å². The van der Waals surface area contributed by atoms with Crippen molar-refractivity contribution in [2.24, 2.45) is 0 Å². The number of alkyl halides is 3. The molecule has 0 aliphatic carbocycles. The summed E-state index contributed by atoms with van der Waals surface area (Å²) in [7, 11) is 2.08. The number of aryl methyl sites for hydroxylation is 1. The highest BCUT2D eigenvalue weighted by Gasteiger charge is 2.30. The van der Waals surface area contributed by atoms with Gasteiger partial charge in [0.15, 0.2) is 5.65 Å². The highest BCUT2D eigenvalue weighted by Crippen LogP contribution is 2.33. The minimum Gasteiger partial charge on any atom is -0.322 e. The molecule has 0 bridgehead atoms. The average molecular weight is 452 g/mol. The van der Waals surface area contributed by atoms with E-state index in [2.05, 4.69) is 27.3 Å². The number of benzene rings is 1. The molecule has 1 fully saturated rings. The molecule has 0 unspecified atom stereocenters. The zero-order chi connectivity index (χ0) is 22.3. The maximum Gasteiger partial charge on any atom is 0.416 e. The maximum atomic E-state index is 12.7. The highest BCUT2D eigenvalue weighted by atomic mass is 35.5. The molecule has 3 heterocycles. The molecule has 0 radical (unpaired) electrons. The molecule has 1 amide bonds. The molecule has 10 heteroatoms. The van der Waals surface area contributed by atoms with E-state index in [9.17, 15) is 18.0 Å². The number of nitrogens with one attached hydrogen (secondary N) is 1. The summed E-state index contributed by atoms with van der Waals surface area (Å²) >= 11 is 6.56. The number of halogens is 4. The standard InChI is InChI=1S/C21H21ClF3N5O/c1-12-17-18(22)16(20(31)27-14-5-3-13(4-6-14)21(23,24)25)11-26-19(17)30(28-12)15-7-9-29(2)10-8-15/h3-6,11,15H,7-10H2,1-2H3,(H,27,31). The third-order valence-corrected chi connectivity index (χ3v) is 5.97. The largest absolute Gasteiger partial charge is 0.416 e. The van der Waals surface area contributed by atoms with E-state index >= 15 is 0 Å². The molecule has 0 spiro atoms. The molecule has 0 saturated carbocycles. The minimum atomic E-state index is -4.44. The SMILES string of the molecule is Cc1nn(C2CCN(C)CC2)c2ncc(C(=O)Nc3ccc(C(F)(F)F)cc3)c(Cl)c12. The van der Waals surface area contributed by atoms with Crippen molar-refractivity contribution >= 4 is 34.2 Å². The van der Waals surface area contributed by atoms with Crippen LogP contribution in [0.4, 0.5) is 18.9 Å². The predicted molar refractivity (Wildman–Crippen MR) is 112 cm³/mol. The summed E-state index contributed by atoms with van der Waals surface area (Å²) in [6.07, 6.45) is -1.16. The molecule has 0 atom stereocenters. The van der Waals surface area contributed by atoms with Crippen molar-refractivity contribution in [3.63, 3.8) is 0 Å². The topological polar surface area (TPSA) is 63.1 Å². The van der Waals surface area contributed by atoms with E-state index in [0.29, 0.717) is 16.7 Å². The molecule has 1 aromatic carbocycles. The third-order valence-electron chi connectivity index (χ3n) is 5.58. The lowest BCUT2D eigenvalue weighted by molar-refractivity contribution is -0.137. The van der Waals surface area contributed by atoms with Gasteiger partial charge in [0.25, 0.3) is 5.91 Å². The Kier molecular flexibility index (Phi) is 5.65. The van der Waals surface area contributed by atoms with Crippen LogP contribution in [-0.4, -0.2) is 45.7 Å². The predicted octanol–water partition coefficient (Wildman–Crippen LogP) is 4.93. The van der Waals surface area contributed by atoms with Gasteiger partial charge in [-0.1, -0.05) is 11.6 Å². The molecule has 1 aliphatic rings. The monoisotopic (exact) mass is 451 g/mol. The fourth-order valence-corrected chi connectivity index (χ4v) is 4.18. The molecule has 164 valence electrons. The normalized spacial score (nSPS) is 16.1. The summed E-state index contributed by atoms with van der Waals surface area (Å²) in [5.41, 5.74) is 0.885. The molecule has 4 rings (SSSR count). The van der Waals surface area contributed by atoms with Crippen LogP contribution >= 0.6 is 11.6 Å². The maximum absolute atomic E-state index is 12.7. The Labute approximate surface area is 182 Å². The summed E-state index contributed by atoms with van der Waals surface area (Å²) in [6, 6.07) is 4.43. The van der Waals surface area contributed by atoms with E-state index in [0.717, 1.165) is 38.1 Å². The molecule has 3 aromatic rings. The van der Waals surface area contributed by atoms with Gasteiger partial charge in [-0.3, -0.25) is 4.79 Å². The summed E-state index contributed by atoms with van der Waals surface area (Å²) in [5.74, 6) is -0.550. The second-order valence-electron chi connectivity index (χ2n) is 7.78. The van der Waals surface area contributed by atoms with Crippen LogP contribution < -0.4 is 5.32 Å². The van der Waals surface area contributed by atoms with Gasteiger partial charge >= 0.3 is 6.18 Å². The van der Waals surface area contributed by atoms with Gasteiger partial charge in [0.05, 0.1) is 33.3 Å². The molecule has 6 nitrogen and oxygen atoms in total. The Morgan fingerprint density at radius 3 is 2.45 bits per heavy atom. The van der Waals surface area contributed by atoms with E-state index in [1.165, 1.54) is 18.3 Å². The quantitative estimate of drug-likeness (QED) is 0.613. The lowest BCUT2D eigenvalue weighted by Gasteiger charge is -2.29. The number of hydrogen-bond donors (Lipinski definition) is 1. The van der Waals surface area contributed by atoms with Gasteiger partial charge in [0.2, 0.25) is 0 Å². The number of fused-ring (bicyclic) bond motifs is 1. The fraction of sp³-hybridized carbons (Fsp3) is 0.381. The fourth-order valence-electron chi connectivity index (χ4n) is 3.83. The number of carbonyl (C=O) groups excluding carboxylic acids is 1.